The molecule has 0 aliphatic carbocycles. The summed E-state index contributed by atoms with van der Waals surface area (Å²) in [6, 6.07) is 4.57. The van der Waals surface area contributed by atoms with Crippen LogP contribution in [0.25, 0.3) is 0 Å². The molecule has 18 heavy (non-hydrogen) atoms. The van der Waals surface area contributed by atoms with E-state index in [0.29, 0.717) is 5.56 Å². The van der Waals surface area contributed by atoms with Crippen molar-refractivity contribution in [2.24, 2.45) is 0 Å². The van der Waals surface area contributed by atoms with Crippen LogP contribution in [0, 0.1) is 12.7 Å². The Morgan fingerprint density at radius 3 is 2.78 bits per heavy atom. The Morgan fingerprint density at radius 1 is 1.33 bits per heavy atom. The maximum absolute atomic E-state index is 13.7. The summed E-state index contributed by atoms with van der Waals surface area (Å²) in [4.78, 5) is 18.2. The fourth-order valence-corrected chi connectivity index (χ4v) is 1.35. The molecule has 1 aromatic carbocycles. The van der Waals surface area contributed by atoms with Gasteiger partial charge >= 0.3 is 5.97 Å². The van der Waals surface area contributed by atoms with Gasteiger partial charge in [0.1, 0.15) is 0 Å². The number of hydrogen-bond acceptors (Lipinski definition) is 4. The standard InChI is InChI=1S/C12H9FN2O3/c1-7-3-2-4-8(9(7)13)18-11-10(12(16)17)14-5-6-15-11/h2-6H,1H3,(H,16,17). The largest absolute Gasteiger partial charge is 0.476 e. The Hall–Kier alpha value is -2.50. The maximum Gasteiger partial charge on any atom is 0.360 e. The highest BCUT2D eigenvalue weighted by molar-refractivity contribution is 5.87. The lowest BCUT2D eigenvalue weighted by molar-refractivity contribution is 0.0686. The summed E-state index contributed by atoms with van der Waals surface area (Å²) in [7, 11) is 0. The summed E-state index contributed by atoms with van der Waals surface area (Å²) in [6.07, 6.45) is 2.50. The van der Waals surface area contributed by atoms with Gasteiger partial charge < -0.3 is 9.84 Å². The highest BCUT2D eigenvalue weighted by Gasteiger charge is 2.16. The van der Waals surface area contributed by atoms with Crippen molar-refractivity contribution in [2.75, 3.05) is 0 Å². The van der Waals surface area contributed by atoms with Crippen LogP contribution in [0.4, 0.5) is 4.39 Å². The number of nitrogens with zero attached hydrogens (tertiary/aromatic N) is 2. The zero-order valence-corrected chi connectivity index (χ0v) is 9.42. The van der Waals surface area contributed by atoms with Crippen molar-refractivity contribution in [1.29, 1.82) is 0 Å². The van der Waals surface area contributed by atoms with Crippen LogP contribution in [0.2, 0.25) is 0 Å². The predicted octanol–water partition coefficient (Wildman–Crippen LogP) is 2.41. The van der Waals surface area contributed by atoms with Crippen LogP contribution in [0.3, 0.4) is 0 Å². The van der Waals surface area contributed by atoms with Crippen LogP contribution in [-0.4, -0.2) is 21.0 Å². The average molecular weight is 248 g/mol. The van der Waals surface area contributed by atoms with Crippen LogP contribution in [0.5, 0.6) is 11.6 Å². The number of rotatable bonds is 3. The summed E-state index contributed by atoms with van der Waals surface area (Å²) in [5.74, 6) is -2.17. The van der Waals surface area contributed by atoms with Gasteiger partial charge in [0.2, 0.25) is 5.69 Å². The normalized spacial score (nSPS) is 10.1. The second-order valence-corrected chi connectivity index (χ2v) is 3.50. The van der Waals surface area contributed by atoms with Crippen molar-refractivity contribution in [3.63, 3.8) is 0 Å². The van der Waals surface area contributed by atoms with E-state index < -0.39 is 11.8 Å². The number of carboxylic acid groups (broad SMARTS) is 1. The summed E-state index contributed by atoms with van der Waals surface area (Å²) >= 11 is 0. The number of aryl methyl sites for hydroxylation is 1. The zero-order valence-electron chi connectivity index (χ0n) is 9.42. The van der Waals surface area contributed by atoms with E-state index in [1.807, 2.05) is 0 Å². The molecular formula is C12H9FN2O3. The molecule has 0 bridgehead atoms. The van der Waals surface area contributed by atoms with Crippen LogP contribution >= 0.6 is 0 Å². The third-order valence-electron chi connectivity index (χ3n) is 2.23. The van der Waals surface area contributed by atoms with E-state index in [2.05, 4.69) is 9.97 Å². The molecule has 92 valence electrons. The van der Waals surface area contributed by atoms with E-state index in [1.165, 1.54) is 18.5 Å². The van der Waals surface area contributed by atoms with E-state index in [1.54, 1.807) is 19.1 Å². The average Bonchev–Trinajstić information content (AvgIpc) is 2.35. The number of aromatic carboxylic acids is 1. The van der Waals surface area contributed by atoms with Crippen molar-refractivity contribution < 1.29 is 19.0 Å². The van der Waals surface area contributed by atoms with E-state index in [9.17, 15) is 9.18 Å². The molecule has 5 nitrogen and oxygen atoms in total. The number of benzene rings is 1. The van der Waals surface area contributed by atoms with Crippen molar-refractivity contribution >= 4 is 5.97 Å². The molecule has 0 aliphatic rings. The van der Waals surface area contributed by atoms with Gasteiger partial charge in [0, 0.05) is 12.4 Å². The first-order valence-corrected chi connectivity index (χ1v) is 5.07. The number of aromatic nitrogens is 2. The molecule has 0 saturated carbocycles. The zero-order chi connectivity index (χ0) is 13.1. The Bertz CT molecular complexity index is 602. The Labute approximate surface area is 102 Å². The van der Waals surface area contributed by atoms with Crippen molar-refractivity contribution in [1.82, 2.24) is 9.97 Å². The molecule has 2 aromatic rings. The highest BCUT2D eigenvalue weighted by Crippen LogP contribution is 2.26. The van der Waals surface area contributed by atoms with Crippen molar-refractivity contribution in [2.45, 2.75) is 6.92 Å². The third kappa shape index (κ3) is 2.27. The lowest BCUT2D eigenvalue weighted by atomic mass is 10.2. The molecule has 6 heteroatoms. The minimum Gasteiger partial charge on any atom is -0.476 e. The molecule has 1 N–H and O–H groups in total. The maximum atomic E-state index is 13.7. The lowest BCUT2D eigenvalue weighted by Crippen LogP contribution is -2.05. The molecule has 2 rings (SSSR count). The Balaban J connectivity index is 2.40. The molecule has 0 radical (unpaired) electrons. The third-order valence-corrected chi connectivity index (χ3v) is 2.23. The van der Waals surface area contributed by atoms with E-state index in [0.717, 1.165) is 0 Å². The first-order chi connectivity index (χ1) is 8.59. The van der Waals surface area contributed by atoms with Gasteiger partial charge in [0.05, 0.1) is 0 Å². The minimum atomic E-state index is -1.29. The Kier molecular flexibility index (Phi) is 3.18. The second kappa shape index (κ2) is 4.79. The molecule has 0 unspecified atom stereocenters. The molecule has 0 saturated heterocycles. The monoisotopic (exact) mass is 248 g/mol. The molecule has 1 heterocycles. The molecule has 0 aliphatic heterocycles. The quantitative estimate of drug-likeness (QED) is 0.902. The number of halogens is 1. The molecule has 0 spiro atoms. The summed E-state index contributed by atoms with van der Waals surface area (Å²) in [5, 5.41) is 8.89. The van der Waals surface area contributed by atoms with Crippen molar-refractivity contribution in [3.8, 4) is 11.6 Å². The van der Waals surface area contributed by atoms with Gasteiger partial charge in [0.25, 0.3) is 5.88 Å². The van der Waals surface area contributed by atoms with Crippen LogP contribution in [0.15, 0.2) is 30.6 Å². The van der Waals surface area contributed by atoms with Gasteiger partial charge in [-0.2, -0.15) is 0 Å². The summed E-state index contributed by atoms with van der Waals surface area (Å²) < 4.78 is 18.9. The van der Waals surface area contributed by atoms with Gasteiger partial charge in [-0.3, -0.25) is 0 Å². The Morgan fingerprint density at radius 2 is 2.06 bits per heavy atom. The van der Waals surface area contributed by atoms with Crippen LogP contribution in [-0.2, 0) is 0 Å². The second-order valence-electron chi connectivity index (χ2n) is 3.50. The lowest BCUT2D eigenvalue weighted by Gasteiger charge is -2.08. The first kappa shape index (κ1) is 12.0. The number of carbonyl (C=O) groups is 1. The number of ether oxygens (including phenoxy) is 1. The smallest absolute Gasteiger partial charge is 0.360 e. The number of hydrogen-bond donors (Lipinski definition) is 1. The van der Waals surface area contributed by atoms with Crippen LogP contribution in [0.1, 0.15) is 16.1 Å². The highest BCUT2D eigenvalue weighted by atomic mass is 19.1. The fourth-order valence-electron chi connectivity index (χ4n) is 1.35. The fraction of sp³-hybridized carbons (Fsp3) is 0.0833. The van der Waals surface area contributed by atoms with Gasteiger partial charge in [-0.05, 0) is 18.6 Å². The van der Waals surface area contributed by atoms with E-state index >= 15 is 0 Å². The first-order valence-electron chi connectivity index (χ1n) is 5.07. The van der Waals surface area contributed by atoms with E-state index in [-0.39, 0.29) is 17.3 Å². The van der Waals surface area contributed by atoms with Gasteiger partial charge in [-0.1, -0.05) is 12.1 Å². The SMILES string of the molecule is Cc1cccc(Oc2nccnc2C(=O)O)c1F. The predicted molar refractivity (Wildman–Crippen MR) is 60.2 cm³/mol. The molecule has 0 fully saturated rings. The molecule has 1 aromatic heterocycles. The van der Waals surface area contributed by atoms with Crippen LogP contribution < -0.4 is 4.74 Å². The molecule has 0 amide bonds. The summed E-state index contributed by atoms with van der Waals surface area (Å²) in [6.45, 7) is 1.58. The van der Waals surface area contributed by atoms with Gasteiger partial charge in [-0.15, -0.1) is 0 Å². The molecular weight excluding hydrogens is 239 g/mol. The minimum absolute atomic E-state index is 0.0852. The summed E-state index contributed by atoms with van der Waals surface area (Å²) in [5.41, 5.74) is 0.0340. The number of carboxylic acids is 1. The van der Waals surface area contributed by atoms with Gasteiger partial charge in [-0.25, -0.2) is 19.2 Å². The van der Waals surface area contributed by atoms with E-state index in [4.69, 9.17) is 9.84 Å². The molecule has 0 atom stereocenters. The topological polar surface area (TPSA) is 72.3 Å². The van der Waals surface area contributed by atoms with Gasteiger partial charge in [0.15, 0.2) is 11.6 Å². The van der Waals surface area contributed by atoms with Crippen molar-refractivity contribution in [3.05, 3.63) is 47.7 Å².